The zero-order valence-corrected chi connectivity index (χ0v) is 17.7. The Morgan fingerprint density at radius 3 is 2.58 bits per heavy atom. The van der Waals surface area contributed by atoms with Crippen LogP contribution in [0.15, 0.2) is 24.4 Å². The highest BCUT2D eigenvalue weighted by Crippen LogP contribution is 2.42. The Hall–Kier alpha value is -3.47. The average Bonchev–Trinajstić information content (AvgIpc) is 3.41. The van der Waals surface area contributed by atoms with Gasteiger partial charge in [-0.2, -0.15) is 13.2 Å². The van der Waals surface area contributed by atoms with Crippen molar-refractivity contribution in [1.82, 2.24) is 19.5 Å². The molecule has 1 aliphatic heterocycles. The molecule has 1 unspecified atom stereocenters. The van der Waals surface area contributed by atoms with Gasteiger partial charge in [0.15, 0.2) is 11.5 Å². The van der Waals surface area contributed by atoms with Crippen molar-refractivity contribution in [2.45, 2.75) is 45.1 Å². The molecule has 33 heavy (non-hydrogen) atoms. The normalized spacial score (nSPS) is 17.3. The van der Waals surface area contributed by atoms with Crippen molar-refractivity contribution >= 4 is 23.2 Å². The highest BCUT2D eigenvalue weighted by molar-refractivity contribution is 6.09. The summed E-state index contributed by atoms with van der Waals surface area (Å²) in [4.78, 5) is 31.0. The summed E-state index contributed by atoms with van der Waals surface area (Å²) in [5.74, 6) is -1.22. The molecular weight excluding hydrogens is 437 g/mol. The maximum atomic E-state index is 13.9. The molecule has 0 bridgehead atoms. The Bertz CT molecular complexity index is 1310. The van der Waals surface area contributed by atoms with Crippen LogP contribution in [0.3, 0.4) is 0 Å². The third kappa shape index (κ3) is 3.62. The number of nitrogens with zero attached hydrogens (tertiary/aromatic N) is 4. The van der Waals surface area contributed by atoms with E-state index in [0.29, 0.717) is 18.0 Å². The van der Waals surface area contributed by atoms with Gasteiger partial charge in [0.25, 0.3) is 5.91 Å². The summed E-state index contributed by atoms with van der Waals surface area (Å²) in [6.07, 6.45) is -1.07. The number of carbonyl (C=O) groups is 2. The lowest BCUT2D eigenvalue weighted by Gasteiger charge is -2.23. The molecule has 1 aromatic carbocycles. The number of benzene rings is 1. The van der Waals surface area contributed by atoms with Crippen LogP contribution in [0.5, 0.6) is 0 Å². The van der Waals surface area contributed by atoms with Gasteiger partial charge in [-0.15, -0.1) is 5.10 Å². The van der Waals surface area contributed by atoms with Gasteiger partial charge < -0.3 is 11.5 Å². The molecule has 1 atom stereocenters. The maximum absolute atomic E-state index is 13.9. The predicted octanol–water partition coefficient (Wildman–Crippen LogP) is 2.77. The quantitative estimate of drug-likeness (QED) is 0.568. The van der Waals surface area contributed by atoms with Crippen LogP contribution in [0, 0.1) is 5.92 Å². The van der Waals surface area contributed by atoms with Crippen LogP contribution in [0.25, 0.3) is 5.65 Å². The van der Waals surface area contributed by atoms with Gasteiger partial charge in [-0.25, -0.2) is 9.50 Å². The van der Waals surface area contributed by atoms with Crippen molar-refractivity contribution in [3.05, 3.63) is 57.9 Å². The first-order valence-corrected chi connectivity index (χ1v) is 10.5. The fourth-order valence-corrected chi connectivity index (χ4v) is 4.54. The molecular formula is C22H21F3N6O2. The number of halogens is 3. The number of carbonyl (C=O) groups excluding carboxylic acids is 2. The molecule has 1 saturated carbocycles. The Balaban J connectivity index is 1.56. The summed E-state index contributed by atoms with van der Waals surface area (Å²) >= 11 is 0. The molecule has 1 amide bonds. The van der Waals surface area contributed by atoms with E-state index in [1.807, 2.05) is 11.8 Å². The molecule has 1 fully saturated rings. The Kier molecular flexibility index (Phi) is 4.71. The van der Waals surface area contributed by atoms with Crippen molar-refractivity contribution in [1.29, 1.82) is 0 Å². The molecule has 3 aromatic rings. The number of hydrogen-bond donors (Lipinski definition) is 2. The van der Waals surface area contributed by atoms with E-state index in [4.69, 9.17) is 11.5 Å². The van der Waals surface area contributed by atoms with E-state index in [0.717, 1.165) is 18.9 Å². The molecule has 0 saturated heterocycles. The lowest BCUT2D eigenvalue weighted by molar-refractivity contribution is -0.138. The Morgan fingerprint density at radius 2 is 1.94 bits per heavy atom. The second-order valence-corrected chi connectivity index (χ2v) is 8.68. The van der Waals surface area contributed by atoms with Gasteiger partial charge >= 0.3 is 6.18 Å². The van der Waals surface area contributed by atoms with Gasteiger partial charge in [0.1, 0.15) is 11.3 Å². The molecule has 0 spiro atoms. The Morgan fingerprint density at radius 1 is 1.21 bits per heavy atom. The van der Waals surface area contributed by atoms with Crippen molar-refractivity contribution in [2.75, 3.05) is 5.73 Å². The van der Waals surface area contributed by atoms with E-state index < -0.39 is 23.4 Å². The number of nitrogens with two attached hydrogens (primary N) is 2. The van der Waals surface area contributed by atoms with Crippen LogP contribution in [0.4, 0.5) is 19.0 Å². The van der Waals surface area contributed by atoms with Gasteiger partial charge in [-0.1, -0.05) is 0 Å². The molecule has 0 radical (unpaired) electrons. The van der Waals surface area contributed by atoms with E-state index in [1.54, 1.807) is 0 Å². The topological polar surface area (TPSA) is 120 Å². The van der Waals surface area contributed by atoms with E-state index in [2.05, 4.69) is 10.1 Å². The first-order chi connectivity index (χ1) is 15.5. The number of alkyl halides is 3. The number of nitrogen functional groups attached to an aromatic ring is 1. The SMILES string of the molecule is CC(C1CC1)N1Cc2cc(C(=O)c3ccn4nc(N)c(C(N)=O)c4n3)cc(C(F)(F)F)c2C1. The minimum absolute atomic E-state index is 0.0347. The fraction of sp³-hybridized carbons (Fsp3) is 0.364. The number of amides is 1. The number of aromatic nitrogens is 3. The van der Waals surface area contributed by atoms with Crippen LogP contribution in [-0.4, -0.2) is 37.2 Å². The molecule has 3 heterocycles. The van der Waals surface area contributed by atoms with Crippen LogP contribution in [0.1, 0.15) is 62.9 Å². The lowest BCUT2D eigenvalue weighted by atomic mass is 9.96. The van der Waals surface area contributed by atoms with E-state index in [1.165, 1.54) is 22.8 Å². The number of rotatable bonds is 5. The van der Waals surface area contributed by atoms with Crippen molar-refractivity contribution in [3.63, 3.8) is 0 Å². The third-order valence-corrected chi connectivity index (χ3v) is 6.52. The molecule has 11 heteroatoms. The van der Waals surface area contributed by atoms with Crippen molar-refractivity contribution < 1.29 is 22.8 Å². The number of ketones is 1. The summed E-state index contributed by atoms with van der Waals surface area (Å²) < 4.78 is 42.9. The van der Waals surface area contributed by atoms with Gasteiger partial charge in [0.05, 0.1) is 5.56 Å². The zero-order valence-electron chi connectivity index (χ0n) is 17.7. The average molecular weight is 458 g/mol. The number of fused-ring (bicyclic) bond motifs is 2. The van der Waals surface area contributed by atoms with E-state index >= 15 is 0 Å². The standard InChI is InChI=1S/C22H21F3N6O2/c1-10(11-2-3-11)30-8-13-6-12(7-15(14(13)9-30)22(23,24)25)18(32)16-4-5-31-21(28-16)17(20(27)33)19(26)29-31/h4-7,10-11H,2-3,8-9H2,1H3,(H2,26,29)(H2,27,33). The fourth-order valence-electron chi connectivity index (χ4n) is 4.54. The first-order valence-electron chi connectivity index (χ1n) is 10.5. The van der Waals surface area contributed by atoms with Crippen LogP contribution in [-0.2, 0) is 19.3 Å². The second kappa shape index (κ2) is 7.27. The summed E-state index contributed by atoms with van der Waals surface area (Å²) in [6.45, 7) is 2.60. The second-order valence-electron chi connectivity index (χ2n) is 8.68. The lowest BCUT2D eigenvalue weighted by Crippen LogP contribution is -2.29. The number of hydrogen-bond acceptors (Lipinski definition) is 6. The third-order valence-electron chi connectivity index (χ3n) is 6.52. The molecule has 2 aliphatic rings. The summed E-state index contributed by atoms with van der Waals surface area (Å²) in [5.41, 5.74) is 10.5. The van der Waals surface area contributed by atoms with E-state index in [9.17, 15) is 22.8 Å². The minimum Gasteiger partial charge on any atom is -0.381 e. The Labute approximate surface area is 186 Å². The van der Waals surface area contributed by atoms with E-state index in [-0.39, 0.29) is 46.4 Å². The minimum atomic E-state index is -4.60. The van der Waals surface area contributed by atoms with Crippen molar-refractivity contribution in [3.8, 4) is 0 Å². The van der Waals surface area contributed by atoms with Gasteiger partial charge in [0, 0.05) is 30.9 Å². The summed E-state index contributed by atoms with van der Waals surface area (Å²) in [7, 11) is 0. The monoisotopic (exact) mass is 458 g/mol. The van der Waals surface area contributed by atoms with Gasteiger partial charge in [-0.3, -0.25) is 14.5 Å². The number of anilines is 1. The smallest absolute Gasteiger partial charge is 0.381 e. The molecule has 8 nitrogen and oxygen atoms in total. The van der Waals surface area contributed by atoms with Crippen molar-refractivity contribution in [2.24, 2.45) is 11.7 Å². The molecule has 4 N–H and O–H groups in total. The van der Waals surface area contributed by atoms with Crippen LogP contribution in [0.2, 0.25) is 0 Å². The molecule has 5 rings (SSSR count). The molecule has 172 valence electrons. The molecule has 1 aliphatic carbocycles. The summed E-state index contributed by atoms with van der Waals surface area (Å²) in [6, 6.07) is 3.89. The first kappa shape index (κ1) is 21.4. The molecule has 2 aromatic heterocycles. The highest BCUT2D eigenvalue weighted by atomic mass is 19.4. The van der Waals surface area contributed by atoms with Gasteiger partial charge in [-0.05, 0) is 55.0 Å². The zero-order chi connectivity index (χ0) is 23.7. The van der Waals surface area contributed by atoms with Crippen LogP contribution >= 0.6 is 0 Å². The maximum Gasteiger partial charge on any atom is 0.416 e. The number of primary amides is 1. The predicted molar refractivity (Wildman–Crippen MR) is 112 cm³/mol. The summed E-state index contributed by atoms with van der Waals surface area (Å²) in [5, 5.41) is 3.91. The van der Waals surface area contributed by atoms with Gasteiger partial charge in [0.2, 0.25) is 5.78 Å². The van der Waals surface area contributed by atoms with Crippen LogP contribution < -0.4 is 11.5 Å². The largest absolute Gasteiger partial charge is 0.416 e. The highest BCUT2D eigenvalue weighted by Gasteiger charge is 2.41.